The van der Waals surface area contributed by atoms with Crippen LogP contribution in [0.3, 0.4) is 0 Å². The number of rotatable bonds is 8. The van der Waals surface area contributed by atoms with E-state index in [9.17, 15) is 9.59 Å². The van der Waals surface area contributed by atoms with Gasteiger partial charge in [0.15, 0.2) is 0 Å². The molecule has 0 aromatic carbocycles. The molecule has 0 amide bonds. The highest BCUT2D eigenvalue weighted by molar-refractivity contribution is 5.78. The second kappa shape index (κ2) is 8.69. The molecule has 0 bridgehead atoms. The van der Waals surface area contributed by atoms with E-state index in [4.69, 9.17) is 9.84 Å². The lowest BCUT2D eigenvalue weighted by atomic mass is 10.1. The van der Waals surface area contributed by atoms with Crippen molar-refractivity contribution in [2.24, 2.45) is 0 Å². The summed E-state index contributed by atoms with van der Waals surface area (Å²) in [5.74, 6) is -0.154. The molecule has 0 unspecified atom stereocenters. The second-order valence-corrected chi connectivity index (χ2v) is 3.02. The van der Waals surface area contributed by atoms with Crippen LogP contribution in [0, 0.1) is 0 Å². The minimum absolute atomic E-state index is 0.0522. The molecule has 0 aliphatic rings. The Kier molecular flexibility index (Phi) is 8.13. The average Bonchev–Trinajstić information content (AvgIpc) is 2.13. The van der Waals surface area contributed by atoms with Crippen LogP contribution in [0.25, 0.3) is 0 Å². The van der Waals surface area contributed by atoms with Crippen molar-refractivity contribution in [2.45, 2.75) is 39.0 Å². The standard InChI is InChI=1S/C10H18O4/c1-2-14-10(13)6-4-3-5-9(12)7-8-11/h11H,2-8H2,1H3. The molecule has 4 heteroatoms. The van der Waals surface area contributed by atoms with Crippen molar-refractivity contribution >= 4 is 11.8 Å². The van der Waals surface area contributed by atoms with Crippen LogP contribution in [0.4, 0.5) is 0 Å². The van der Waals surface area contributed by atoms with Crippen molar-refractivity contribution in [1.29, 1.82) is 0 Å². The van der Waals surface area contributed by atoms with Gasteiger partial charge in [-0.25, -0.2) is 0 Å². The van der Waals surface area contributed by atoms with E-state index in [1.54, 1.807) is 6.92 Å². The van der Waals surface area contributed by atoms with Crippen molar-refractivity contribution in [3.8, 4) is 0 Å². The molecule has 0 atom stereocenters. The first-order valence-corrected chi connectivity index (χ1v) is 4.99. The molecular weight excluding hydrogens is 184 g/mol. The number of carbonyl (C=O) groups is 2. The van der Waals surface area contributed by atoms with Gasteiger partial charge >= 0.3 is 5.97 Å². The van der Waals surface area contributed by atoms with Crippen LogP contribution in [0.5, 0.6) is 0 Å². The zero-order valence-corrected chi connectivity index (χ0v) is 8.62. The predicted molar refractivity (Wildman–Crippen MR) is 51.8 cm³/mol. The number of esters is 1. The van der Waals surface area contributed by atoms with Crippen LogP contribution in [0.2, 0.25) is 0 Å². The normalized spacial score (nSPS) is 9.86. The third kappa shape index (κ3) is 7.73. The summed E-state index contributed by atoms with van der Waals surface area (Å²) in [6.45, 7) is 2.08. The zero-order valence-electron chi connectivity index (χ0n) is 8.62. The Hall–Kier alpha value is -0.900. The SMILES string of the molecule is CCOC(=O)CCCCC(=O)CCO. The summed E-state index contributed by atoms with van der Waals surface area (Å²) in [6.07, 6.45) is 2.41. The van der Waals surface area contributed by atoms with E-state index >= 15 is 0 Å². The van der Waals surface area contributed by atoms with E-state index in [1.165, 1.54) is 0 Å². The van der Waals surface area contributed by atoms with Gasteiger partial charge in [-0.15, -0.1) is 0 Å². The highest BCUT2D eigenvalue weighted by Crippen LogP contribution is 2.03. The molecule has 0 saturated carbocycles. The highest BCUT2D eigenvalue weighted by Gasteiger charge is 2.03. The summed E-state index contributed by atoms with van der Waals surface area (Å²) in [4.78, 5) is 21.8. The van der Waals surface area contributed by atoms with Crippen LogP contribution in [-0.2, 0) is 14.3 Å². The van der Waals surface area contributed by atoms with Gasteiger partial charge in [-0.2, -0.15) is 0 Å². The maximum absolute atomic E-state index is 10.9. The fourth-order valence-corrected chi connectivity index (χ4v) is 1.07. The molecule has 0 aromatic heterocycles. The predicted octanol–water partition coefficient (Wildman–Crippen LogP) is 1.06. The second-order valence-electron chi connectivity index (χ2n) is 3.02. The van der Waals surface area contributed by atoms with Crippen molar-refractivity contribution in [2.75, 3.05) is 13.2 Å². The Balaban J connectivity index is 3.28. The number of carbonyl (C=O) groups excluding carboxylic acids is 2. The number of Topliss-reactive ketones (excluding diaryl/α,β-unsaturated/α-hetero) is 1. The monoisotopic (exact) mass is 202 g/mol. The number of hydrogen-bond acceptors (Lipinski definition) is 4. The van der Waals surface area contributed by atoms with Gasteiger partial charge in [-0.1, -0.05) is 0 Å². The zero-order chi connectivity index (χ0) is 10.8. The Morgan fingerprint density at radius 3 is 2.36 bits per heavy atom. The van der Waals surface area contributed by atoms with E-state index in [1.807, 2.05) is 0 Å². The quantitative estimate of drug-likeness (QED) is 0.472. The summed E-state index contributed by atoms with van der Waals surface area (Å²) >= 11 is 0. The third-order valence-corrected chi connectivity index (χ3v) is 1.78. The highest BCUT2D eigenvalue weighted by atomic mass is 16.5. The fraction of sp³-hybridized carbons (Fsp3) is 0.800. The van der Waals surface area contributed by atoms with Crippen LogP contribution in [0.1, 0.15) is 39.0 Å². The summed E-state index contributed by atoms with van der Waals surface area (Å²) < 4.78 is 4.73. The lowest BCUT2D eigenvalue weighted by molar-refractivity contribution is -0.143. The number of aliphatic hydroxyl groups is 1. The van der Waals surface area contributed by atoms with Gasteiger partial charge in [-0.3, -0.25) is 9.59 Å². The summed E-state index contributed by atoms with van der Waals surface area (Å²) in [6, 6.07) is 0. The minimum atomic E-state index is -0.206. The smallest absolute Gasteiger partial charge is 0.305 e. The van der Waals surface area contributed by atoms with Gasteiger partial charge in [0.1, 0.15) is 5.78 Å². The molecule has 0 aliphatic heterocycles. The van der Waals surface area contributed by atoms with Crippen molar-refractivity contribution in [1.82, 2.24) is 0 Å². The number of unbranched alkanes of at least 4 members (excludes halogenated alkanes) is 1. The van der Waals surface area contributed by atoms with Crippen LogP contribution < -0.4 is 0 Å². The van der Waals surface area contributed by atoms with E-state index in [0.29, 0.717) is 32.3 Å². The molecule has 0 spiro atoms. The minimum Gasteiger partial charge on any atom is -0.466 e. The van der Waals surface area contributed by atoms with E-state index in [0.717, 1.165) is 0 Å². The van der Waals surface area contributed by atoms with Gasteiger partial charge in [0.25, 0.3) is 0 Å². The maximum atomic E-state index is 10.9. The van der Waals surface area contributed by atoms with Gasteiger partial charge in [0.2, 0.25) is 0 Å². The number of ketones is 1. The molecule has 0 fully saturated rings. The van der Waals surface area contributed by atoms with Crippen LogP contribution >= 0.6 is 0 Å². The van der Waals surface area contributed by atoms with Gasteiger partial charge in [0, 0.05) is 25.9 Å². The van der Waals surface area contributed by atoms with Gasteiger partial charge < -0.3 is 9.84 Å². The third-order valence-electron chi connectivity index (χ3n) is 1.78. The van der Waals surface area contributed by atoms with E-state index in [2.05, 4.69) is 0 Å². The first kappa shape index (κ1) is 13.1. The number of hydrogen-bond donors (Lipinski definition) is 1. The fourth-order valence-electron chi connectivity index (χ4n) is 1.07. The van der Waals surface area contributed by atoms with E-state index in [-0.39, 0.29) is 24.8 Å². The molecule has 0 saturated heterocycles. The maximum Gasteiger partial charge on any atom is 0.305 e. The Morgan fingerprint density at radius 1 is 1.14 bits per heavy atom. The van der Waals surface area contributed by atoms with Crippen LogP contribution in [0.15, 0.2) is 0 Å². The summed E-state index contributed by atoms with van der Waals surface area (Å²) in [7, 11) is 0. The molecule has 1 N–H and O–H groups in total. The van der Waals surface area contributed by atoms with Gasteiger partial charge in [0.05, 0.1) is 6.61 Å². The molecule has 14 heavy (non-hydrogen) atoms. The number of ether oxygens (including phenoxy) is 1. The number of aliphatic hydroxyl groups excluding tert-OH is 1. The lowest BCUT2D eigenvalue weighted by Gasteiger charge is -2.01. The Bertz CT molecular complexity index is 157. The first-order valence-electron chi connectivity index (χ1n) is 4.99. The average molecular weight is 202 g/mol. The molecule has 0 aliphatic carbocycles. The molecule has 0 aromatic rings. The molecule has 82 valence electrons. The largest absolute Gasteiger partial charge is 0.466 e. The van der Waals surface area contributed by atoms with Crippen molar-refractivity contribution < 1.29 is 19.4 Å². The van der Waals surface area contributed by atoms with E-state index < -0.39 is 0 Å². The van der Waals surface area contributed by atoms with Crippen molar-refractivity contribution in [3.63, 3.8) is 0 Å². The van der Waals surface area contributed by atoms with Crippen molar-refractivity contribution in [3.05, 3.63) is 0 Å². The molecule has 0 heterocycles. The topological polar surface area (TPSA) is 63.6 Å². The van der Waals surface area contributed by atoms with Gasteiger partial charge in [-0.05, 0) is 19.8 Å². The molecular formula is C10H18O4. The molecule has 0 radical (unpaired) electrons. The summed E-state index contributed by atoms with van der Waals surface area (Å²) in [5.41, 5.74) is 0. The molecule has 0 rings (SSSR count). The Labute approximate surface area is 84.3 Å². The van der Waals surface area contributed by atoms with Crippen LogP contribution in [-0.4, -0.2) is 30.1 Å². The molecule has 4 nitrogen and oxygen atoms in total. The first-order chi connectivity index (χ1) is 6.70. The Morgan fingerprint density at radius 2 is 1.79 bits per heavy atom. The lowest BCUT2D eigenvalue weighted by Crippen LogP contribution is -2.04. The summed E-state index contributed by atoms with van der Waals surface area (Å²) in [5, 5.41) is 8.46.